The Morgan fingerprint density at radius 1 is 1.10 bits per heavy atom. The molecule has 1 saturated heterocycles. The van der Waals surface area contributed by atoms with E-state index in [1.165, 1.54) is 12.8 Å². The van der Waals surface area contributed by atoms with E-state index in [0.29, 0.717) is 46.0 Å². The number of carbonyl (C=O) groups is 1. The molecule has 6 heteroatoms. The summed E-state index contributed by atoms with van der Waals surface area (Å²) in [7, 11) is 3.17. The monoisotopic (exact) mass is 423 g/mol. The van der Waals surface area contributed by atoms with Gasteiger partial charge in [0.05, 0.1) is 25.3 Å². The Kier molecular flexibility index (Phi) is 6.18. The first kappa shape index (κ1) is 21.2. The highest BCUT2D eigenvalue weighted by atomic mass is 16.5. The highest BCUT2D eigenvalue weighted by Crippen LogP contribution is 2.43. The van der Waals surface area contributed by atoms with Gasteiger partial charge in [0, 0.05) is 12.1 Å². The number of likely N-dealkylation sites (tertiary alicyclic amines) is 1. The molecule has 0 bridgehead atoms. The quantitative estimate of drug-likeness (QED) is 0.703. The van der Waals surface area contributed by atoms with E-state index in [-0.39, 0.29) is 17.3 Å². The predicted octanol–water partition coefficient (Wildman–Crippen LogP) is 4.71. The Labute approximate surface area is 183 Å². The third kappa shape index (κ3) is 4.26. The van der Waals surface area contributed by atoms with Gasteiger partial charge in [0.1, 0.15) is 23.0 Å². The van der Waals surface area contributed by atoms with Crippen LogP contribution in [0.15, 0.2) is 30.0 Å². The lowest BCUT2D eigenvalue weighted by Gasteiger charge is -2.22. The zero-order chi connectivity index (χ0) is 22.0. The number of allylic oxidation sites excluding steroid dienone is 1. The lowest BCUT2D eigenvalue weighted by Crippen LogP contribution is -2.24. The van der Waals surface area contributed by atoms with E-state index in [0.717, 1.165) is 25.9 Å². The van der Waals surface area contributed by atoms with Crippen molar-refractivity contribution in [2.45, 2.75) is 39.2 Å². The van der Waals surface area contributed by atoms with E-state index in [1.54, 1.807) is 44.6 Å². The Hall–Kier alpha value is -2.99. The lowest BCUT2D eigenvalue weighted by molar-refractivity contribution is 0.101. The number of hydrogen-bond donors (Lipinski definition) is 1. The number of hydrogen-bond acceptors (Lipinski definition) is 6. The summed E-state index contributed by atoms with van der Waals surface area (Å²) in [5.41, 5.74) is 2.60. The van der Waals surface area contributed by atoms with E-state index in [2.05, 4.69) is 4.90 Å². The number of nitrogens with zero attached hydrogens (tertiary/aromatic N) is 1. The molecule has 0 unspecified atom stereocenters. The number of fused-ring (bicyclic) bond motifs is 1. The van der Waals surface area contributed by atoms with Crippen molar-refractivity contribution in [2.24, 2.45) is 0 Å². The van der Waals surface area contributed by atoms with Gasteiger partial charge < -0.3 is 19.3 Å². The molecule has 31 heavy (non-hydrogen) atoms. The molecule has 0 aromatic heterocycles. The van der Waals surface area contributed by atoms with Crippen LogP contribution < -0.4 is 14.2 Å². The second kappa shape index (κ2) is 9.02. The maximum atomic E-state index is 13.2. The number of ketones is 1. The molecule has 6 nitrogen and oxygen atoms in total. The molecule has 2 aromatic rings. The van der Waals surface area contributed by atoms with E-state index >= 15 is 0 Å². The first-order valence-electron chi connectivity index (χ1n) is 10.8. The van der Waals surface area contributed by atoms with Gasteiger partial charge in [0.25, 0.3) is 0 Å². The molecular weight excluding hydrogens is 394 g/mol. The fourth-order valence-corrected chi connectivity index (χ4v) is 4.34. The average molecular weight is 424 g/mol. The highest BCUT2D eigenvalue weighted by Gasteiger charge is 2.34. The normalized spacial score (nSPS) is 17.9. The van der Waals surface area contributed by atoms with E-state index in [1.807, 2.05) is 6.92 Å². The van der Waals surface area contributed by atoms with Crippen LogP contribution in [0.1, 0.15) is 52.7 Å². The molecule has 0 aliphatic carbocycles. The van der Waals surface area contributed by atoms with Gasteiger partial charge in [-0.2, -0.15) is 0 Å². The fourth-order valence-electron chi connectivity index (χ4n) is 4.34. The standard InChI is InChI=1S/C25H29NO5/c1-16-12-20(27)19(15-26-10-6-4-5-7-11-26)25-23(16)24(28)22(31-25)14-17-13-18(29-2)8-9-21(17)30-3/h8-9,12-14,27H,4-7,10-11,15H2,1-3H3/b22-14-. The Morgan fingerprint density at radius 2 is 1.84 bits per heavy atom. The molecule has 2 heterocycles. The van der Waals surface area contributed by atoms with Crippen LogP contribution in [0.4, 0.5) is 0 Å². The molecule has 0 spiro atoms. The number of aryl methyl sites for hydroxylation is 1. The van der Waals surface area contributed by atoms with Crippen molar-refractivity contribution in [1.29, 1.82) is 0 Å². The summed E-state index contributed by atoms with van der Waals surface area (Å²) < 4.78 is 16.8. The highest BCUT2D eigenvalue weighted by molar-refractivity contribution is 6.16. The van der Waals surface area contributed by atoms with E-state index in [9.17, 15) is 9.90 Å². The van der Waals surface area contributed by atoms with Crippen molar-refractivity contribution in [3.8, 4) is 23.0 Å². The van der Waals surface area contributed by atoms with Crippen LogP contribution in [0.5, 0.6) is 23.0 Å². The number of phenolic OH excluding ortho intramolecular Hbond substituents is 1. The van der Waals surface area contributed by atoms with Crippen molar-refractivity contribution in [2.75, 3.05) is 27.3 Å². The van der Waals surface area contributed by atoms with Crippen LogP contribution in [0.25, 0.3) is 6.08 Å². The molecule has 2 aliphatic heterocycles. The molecule has 2 aliphatic rings. The number of carbonyl (C=O) groups excluding carboxylic acids is 1. The summed E-state index contributed by atoms with van der Waals surface area (Å²) in [6.07, 6.45) is 6.44. The molecule has 0 atom stereocenters. The lowest BCUT2D eigenvalue weighted by atomic mass is 9.99. The molecule has 164 valence electrons. The van der Waals surface area contributed by atoms with Gasteiger partial charge in [-0.05, 0) is 68.8 Å². The van der Waals surface area contributed by atoms with Gasteiger partial charge in [-0.3, -0.25) is 9.69 Å². The van der Waals surface area contributed by atoms with E-state index < -0.39 is 0 Å². The van der Waals surface area contributed by atoms with Gasteiger partial charge in [-0.15, -0.1) is 0 Å². The van der Waals surface area contributed by atoms with Crippen molar-refractivity contribution in [3.63, 3.8) is 0 Å². The van der Waals surface area contributed by atoms with Gasteiger partial charge in [-0.1, -0.05) is 12.8 Å². The van der Waals surface area contributed by atoms with Gasteiger partial charge in [-0.25, -0.2) is 0 Å². The summed E-state index contributed by atoms with van der Waals surface area (Å²) in [5.74, 6) is 1.95. The minimum atomic E-state index is -0.186. The summed E-state index contributed by atoms with van der Waals surface area (Å²) in [6.45, 7) is 4.36. The zero-order valence-electron chi connectivity index (χ0n) is 18.4. The predicted molar refractivity (Wildman–Crippen MR) is 119 cm³/mol. The first-order chi connectivity index (χ1) is 15.0. The van der Waals surface area contributed by atoms with Crippen LogP contribution in [0, 0.1) is 6.92 Å². The number of aromatic hydroxyl groups is 1. The minimum absolute atomic E-state index is 0.175. The Bertz CT molecular complexity index is 1020. The van der Waals surface area contributed by atoms with Crippen LogP contribution >= 0.6 is 0 Å². The number of methoxy groups -OCH3 is 2. The van der Waals surface area contributed by atoms with Crippen molar-refractivity contribution in [1.82, 2.24) is 4.90 Å². The smallest absolute Gasteiger partial charge is 0.232 e. The van der Waals surface area contributed by atoms with Gasteiger partial charge in [0.15, 0.2) is 5.76 Å². The third-order valence-corrected chi connectivity index (χ3v) is 6.02. The largest absolute Gasteiger partial charge is 0.507 e. The Morgan fingerprint density at radius 3 is 2.52 bits per heavy atom. The SMILES string of the molecule is COc1ccc(OC)c(/C=C2\Oc3c(CN4CCCCCC4)c(O)cc(C)c3C2=O)c1. The molecule has 0 radical (unpaired) electrons. The van der Waals surface area contributed by atoms with Crippen LogP contribution in [0.2, 0.25) is 0 Å². The number of benzene rings is 2. The molecule has 0 amide bonds. The van der Waals surface area contributed by atoms with Crippen molar-refractivity contribution < 1.29 is 24.1 Å². The van der Waals surface area contributed by atoms with Crippen molar-refractivity contribution >= 4 is 11.9 Å². The summed E-state index contributed by atoms with van der Waals surface area (Å²) in [5, 5.41) is 10.7. The average Bonchev–Trinajstić information content (AvgIpc) is 2.93. The topological polar surface area (TPSA) is 68.2 Å². The maximum Gasteiger partial charge on any atom is 0.232 e. The molecular formula is C25H29NO5. The number of rotatable bonds is 5. The Balaban J connectivity index is 1.71. The van der Waals surface area contributed by atoms with Crippen LogP contribution in [0.3, 0.4) is 0 Å². The molecule has 4 rings (SSSR count). The third-order valence-electron chi connectivity index (χ3n) is 6.02. The van der Waals surface area contributed by atoms with Crippen LogP contribution in [-0.4, -0.2) is 43.1 Å². The minimum Gasteiger partial charge on any atom is -0.507 e. The molecule has 2 aromatic carbocycles. The van der Waals surface area contributed by atoms with Gasteiger partial charge >= 0.3 is 0 Å². The van der Waals surface area contributed by atoms with Crippen LogP contribution in [-0.2, 0) is 6.54 Å². The summed E-state index contributed by atoms with van der Waals surface area (Å²) in [6, 6.07) is 7.06. The second-order valence-corrected chi connectivity index (χ2v) is 8.13. The molecule has 1 N–H and O–H groups in total. The fraction of sp³-hybridized carbons (Fsp3) is 0.400. The van der Waals surface area contributed by atoms with Crippen molar-refractivity contribution in [3.05, 3.63) is 52.3 Å². The summed E-state index contributed by atoms with van der Waals surface area (Å²) >= 11 is 0. The van der Waals surface area contributed by atoms with E-state index in [4.69, 9.17) is 14.2 Å². The molecule has 1 fully saturated rings. The summed E-state index contributed by atoms with van der Waals surface area (Å²) in [4.78, 5) is 15.6. The second-order valence-electron chi connectivity index (χ2n) is 8.13. The number of Topliss-reactive ketones (excluding diaryl/α,β-unsaturated/α-hetero) is 1. The van der Waals surface area contributed by atoms with Gasteiger partial charge in [0.2, 0.25) is 5.78 Å². The number of phenols is 1. The molecule has 0 saturated carbocycles. The first-order valence-corrected chi connectivity index (χ1v) is 10.8. The zero-order valence-corrected chi connectivity index (χ0v) is 18.4. The maximum absolute atomic E-state index is 13.2. The number of ether oxygens (including phenoxy) is 3.